The van der Waals surface area contributed by atoms with Crippen LogP contribution in [0.3, 0.4) is 0 Å². The van der Waals surface area contributed by atoms with Crippen LogP contribution in [0.2, 0.25) is 0 Å². The minimum absolute atomic E-state index is 0.0312. The number of carbonyl (C=O) groups is 1. The zero-order valence-corrected chi connectivity index (χ0v) is 18.6. The van der Waals surface area contributed by atoms with Gasteiger partial charge in [0.25, 0.3) is 5.91 Å². The first-order valence-corrected chi connectivity index (χ1v) is 12.0. The van der Waals surface area contributed by atoms with Crippen LogP contribution in [0.4, 0.5) is 14.6 Å². The molecule has 1 spiro atoms. The summed E-state index contributed by atoms with van der Waals surface area (Å²) in [7, 11) is 0. The number of halogens is 2. The number of rotatable bonds is 5. The van der Waals surface area contributed by atoms with E-state index in [-0.39, 0.29) is 23.0 Å². The molecule has 3 aliphatic rings. The first-order valence-electron chi connectivity index (χ1n) is 10.2. The van der Waals surface area contributed by atoms with Crippen molar-refractivity contribution < 1.29 is 23.0 Å². The number of hydrogen-bond donors (Lipinski definition) is 2. The van der Waals surface area contributed by atoms with Crippen LogP contribution in [0.15, 0.2) is 28.7 Å². The van der Waals surface area contributed by atoms with E-state index in [0.29, 0.717) is 17.6 Å². The molecule has 2 atom stereocenters. The van der Waals surface area contributed by atoms with Crippen molar-refractivity contribution in [1.82, 2.24) is 9.97 Å². The fraction of sp³-hybridized carbons (Fsp3) is 0.500. The highest BCUT2D eigenvalue weighted by Gasteiger charge is 2.56. The van der Waals surface area contributed by atoms with Gasteiger partial charge in [0.1, 0.15) is 27.8 Å². The molecule has 170 valence electrons. The molecule has 1 amide bonds. The third kappa shape index (κ3) is 3.95. The number of aliphatic imine (C=N–C) groups is 1. The lowest BCUT2D eigenvalue weighted by Gasteiger charge is -2.53. The van der Waals surface area contributed by atoms with Gasteiger partial charge in [-0.15, -0.1) is 11.3 Å². The molecule has 4 heterocycles. The number of alkyl halides is 2. The van der Waals surface area contributed by atoms with Crippen LogP contribution < -0.4 is 15.8 Å². The molecule has 12 heteroatoms. The van der Waals surface area contributed by atoms with Crippen LogP contribution in [-0.2, 0) is 10.3 Å². The first kappa shape index (κ1) is 21.5. The zero-order chi connectivity index (χ0) is 22.3. The first-order chi connectivity index (χ1) is 15.4. The maximum absolute atomic E-state index is 12.5. The molecule has 1 saturated heterocycles. The Balaban J connectivity index is 1.33. The topological polar surface area (TPSA) is 112 Å². The van der Waals surface area contributed by atoms with Crippen molar-refractivity contribution in [2.45, 2.75) is 43.4 Å². The van der Waals surface area contributed by atoms with Crippen molar-refractivity contribution in [1.29, 1.82) is 0 Å². The summed E-state index contributed by atoms with van der Waals surface area (Å²) in [6, 6.07) is 2.57. The summed E-state index contributed by atoms with van der Waals surface area (Å²) in [6.45, 7) is -2.53. The van der Waals surface area contributed by atoms with E-state index in [1.54, 1.807) is 17.1 Å². The number of thiazole rings is 1. The number of nitrogens with zero attached hydrogens (tertiary/aromatic N) is 3. The molecule has 8 nitrogen and oxygen atoms in total. The molecule has 0 bridgehead atoms. The van der Waals surface area contributed by atoms with Gasteiger partial charge in [-0.05, 0) is 37.8 Å². The predicted molar refractivity (Wildman–Crippen MR) is 117 cm³/mol. The van der Waals surface area contributed by atoms with E-state index in [0.717, 1.165) is 36.2 Å². The van der Waals surface area contributed by atoms with E-state index >= 15 is 0 Å². The molecule has 2 aliphatic heterocycles. The van der Waals surface area contributed by atoms with Gasteiger partial charge in [-0.25, -0.2) is 15.0 Å². The summed E-state index contributed by atoms with van der Waals surface area (Å²) < 4.78 is 35.1. The van der Waals surface area contributed by atoms with Gasteiger partial charge in [-0.2, -0.15) is 8.78 Å². The van der Waals surface area contributed by atoms with Crippen molar-refractivity contribution >= 4 is 40.0 Å². The van der Waals surface area contributed by atoms with Gasteiger partial charge in [-0.1, -0.05) is 11.8 Å². The van der Waals surface area contributed by atoms with E-state index in [9.17, 15) is 13.6 Å². The molecule has 2 aromatic heterocycles. The van der Waals surface area contributed by atoms with Crippen molar-refractivity contribution in [2.24, 2.45) is 16.6 Å². The second-order valence-corrected chi connectivity index (χ2v) is 10.1. The summed E-state index contributed by atoms with van der Waals surface area (Å²) >= 11 is 2.97. The Labute approximate surface area is 191 Å². The molecule has 0 aromatic carbocycles. The van der Waals surface area contributed by atoms with E-state index < -0.39 is 18.1 Å². The number of nitrogens with two attached hydrogens (primary N) is 1. The number of amides is 1. The maximum atomic E-state index is 12.5. The van der Waals surface area contributed by atoms with Crippen molar-refractivity contribution in [2.75, 3.05) is 17.7 Å². The number of anilines is 1. The zero-order valence-electron chi connectivity index (χ0n) is 16.9. The highest BCUT2D eigenvalue weighted by molar-refractivity contribution is 8.13. The molecule has 5 rings (SSSR count). The molecule has 2 unspecified atom stereocenters. The quantitative estimate of drug-likeness (QED) is 0.671. The van der Waals surface area contributed by atoms with E-state index in [4.69, 9.17) is 15.5 Å². The van der Waals surface area contributed by atoms with E-state index in [1.807, 2.05) is 0 Å². The van der Waals surface area contributed by atoms with Crippen LogP contribution >= 0.6 is 23.1 Å². The van der Waals surface area contributed by atoms with Crippen molar-refractivity contribution in [3.63, 3.8) is 0 Å². The number of hydrogen-bond acceptors (Lipinski definition) is 9. The number of carbonyl (C=O) groups excluding carboxylic acids is 1. The third-order valence-electron chi connectivity index (χ3n) is 6.21. The fourth-order valence-electron chi connectivity index (χ4n) is 4.39. The average Bonchev–Trinajstić information content (AvgIpc) is 3.21. The Morgan fingerprint density at radius 3 is 2.91 bits per heavy atom. The average molecular weight is 482 g/mol. The Morgan fingerprint density at radius 1 is 1.38 bits per heavy atom. The fourth-order valence-corrected chi connectivity index (χ4v) is 6.35. The second-order valence-electron chi connectivity index (χ2n) is 8.16. The van der Waals surface area contributed by atoms with Gasteiger partial charge < -0.3 is 20.5 Å². The summed E-state index contributed by atoms with van der Waals surface area (Å²) in [5.41, 5.74) is 5.47. The smallest absolute Gasteiger partial charge is 0.387 e. The van der Waals surface area contributed by atoms with Crippen LogP contribution in [0, 0.1) is 5.92 Å². The molecule has 2 aromatic rings. The summed E-state index contributed by atoms with van der Waals surface area (Å²) in [5, 5.41) is 5.72. The second kappa shape index (κ2) is 8.23. The third-order valence-corrected chi connectivity index (χ3v) is 8.17. The molecule has 3 N–H and O–H groups in total. The molecular weight excluding hydrogens is 460 g/mol. The molecular formula is C20H21F2N5O3S2. The summed E-state index contributed by atoms with van der Waals surface area (Å²) in [6.07, 6.45) is 5.35. The largest absolute Gasteiger partial charge is 0.433 e. The Kier molecular flexibility index (Phi) is 5.54. The number of thioether (sulfide) groups is 1. The van der Waals surface area contributed by atoms with Gasteiger partial charge in [0, 0.05) is 17.1 Å². The summed E-state index contributed by atoms with van der Waals surface area (Å²) in [4.78, 5) is 25.8. The monoisotopic (exact) mass is 481 g/mol. The van der Waals surface area contributed by atoms with Crippen LogP contribution in [0.1, 0.15) is 41.2 Å². The lowest BCUT2D eigenvalue weighted by molar-refractivity contribution is -0.169. The molecule has 32 heavy (non-hydrogen) atoms. The van der Waals surface area contributed by atoms with Crippen LogP contribution in [-0.4, -0.2) is 45.6 Å². The molecule has 0 radical (unpaired) electrons. The number of nitrogens with one attached hydrogen (secondary N) is 1. The molecule has 1 saturated carbocycles. The van der Waals surface area contributed by atoms with Crippen LogP contribution in [0.25, 0.3) is 0 Å². The van der Waals surface area contributed by atoms with Crippen LogP contribution in [0.5, 0.6) is 5.75 Å². The Bertz CT molecular complexity index is 1040. The van der Waals surface area contributed by atoms with Crippen molar-refractivity contribution in [3.8, 4) is 5.75 Å². The SMILES string of the molecule is NC1=NC2(c3nc(NC(=O)c4ccc(OC(F)F)cn4)cs3)COC3(CCC3)CC2CS1. The van der Waals surface area contributed by atoms with E-state index in [2.05, 4.69) is 20.0 Å². The number of amidine groups is 1. The molecule has 1 aliphatic carbocycles. The number of aromatic nitrogens is 2. The van der Waals surface area contributed by atoms with Gasteiger partial charge >= 0.3 is 6.61 Å². The highest BCUT2D eigenvalue weighted by atomic mass is 32.2. The van der Waals surface area contributed by atoms with E-state index in [1.165, 1.54) is 29.9 Å². The Morgan fingerprint density at radius 2 is 2.22 bits per heavy atom. The van der Waals surface area contributed by atoms with Gasteiger partial charge in [0.2, 0.25) is 0 Å². The normalized spacial score (nSPS) is 26.2. The van der Waals surface area contributed by atoms with Gasteiger partial charge in [-0.3, -0.25) is 4.79 Å². The minimum atomic E-state index is -2.95. The maximum Gasteiger partial charge on any atom is 0.387 e. The minimum Gasteiger partial charge on any atom is -0.433 e. The van der Waals surface area contributed by atoms with Crippen molar-refractivity contribution in [3.05, 3.63) is 34.4 Å². The number of fused-ring (bicyclic) bond motifs is 1. The Hall–Kier alpha value is -2.31. The number of pyridine rings is 1. The lowest BCUT2D eigenvalue weighted by Crippen LogP contribution is -2.57. The number of ether oxygens (including phenoxy) is 2. The predicted octanol–water partition coefficient (Wildman–Crippen LogP) is 3.61. The molecule has 2 fully saturated rings. The lowest BCUT2D eigenvalue weighted by atomic mass is 9.67. The van der Waals surface area contributed by atoms with Gasteiger partial charge in [0.05, 0.1) is 18.4 Å². The van der Waals surface area contributed by atoms with Gasteiger partial charge in [0.15, 0.2) is 5.17 Å². The highest BCUT2D eigenvalue weighted by Crippen LogP contribution is 2.54. The standard InChI is InChI=1S/C20H21F2N5O3S2/c21-17(22)30-12-2-3-13(24-7-12)15(28)25-14-9-31-16(26-14)20-10-29-19(4-1-5-19)6-11(20)8-32-18(23)27-20/h2-3,7,9,11,17H,1,4-6,8,10H2,(H2,23,27)(H,25,28). The summed E-state index contributed by atoms with van der Waals surface area (Å²) in [5.74, 6) is 0.861.